The number of nitrogens with zero attached hydrogens (tertiary/aromatic N) is 1. The average Bonchev–Trinajstić information content (AvgIpc) is 2.37. The zero-order valence-electron chi connectivity index (χ0n) is 11.2. The Morgan fingerprint density at radius 1 is 1.47 bits per heavy atom. The summed E-state index contributed by atoms with van der Waals surface area (Å²) in [7, 11) is 0. The topological polar surface area (TPSA) is 64.9 Å². The predicted molar refractivity (Wildman–Crippen MR) is 86.3 cm³/mol. The van der Waals surface area contributed by atoms with Crippen molar-refractivity contribution < 1.29 is 4.68 Å². The van der Waals surface area contributed by atoms with Crippen molar-refractivity contribution in [3.8, 4) is 0 Å². The Kier molecular flexibility index (Phi) is 6.54. The molecule has 0 aliphatic carbocycles. The minimum absolute atomic E-state index is 0.125. The van der Waals surface area contributed by atoms with Crippen LogP contribution in [0.4, 0.5) is 5.69 Å². The van der Waals surface area contributed by atoms with Gasteiger partial charge in [0.25, 0.3) is 5.69 Å². The molecule has 4 N–H and O–H groups in total. The van der Waals surface area contributed by atoms with Crippen LogP contribution in [0.3, 0.4) is 0 Å². The molecule has 0 saturated heterocycles. The van der Waals surface area contributed by atoms with E-state index in [4.69, 9.17) is 22.7 Å². The van der Waals surface area contributed by atoms with E-state index in [1.807, 2.05) is 37.8 Å². The maximum atomic E-state index is 7.35. The lowest BCUT2D eigenvalue weighted by molar-refractivity contribution is -0.484. The summed E-state index contributed by atoms with van der Waals surface area (Å²) >= 11 is 9.73. The maximum Gasteiger partial charge on any atom is 0.255 e. The van der Waals surface area contributed by atoms with Crippen molar-refractivity contribution in [2.75, 3.05) is 12.5 Å². The first-order chi connectivity index (χ1) is 9.04. The van der Waals surface area contributed by atoms with E-state index >= 15 is 0 Å². The number of hydrazone groups is 1. The van der Waals surface area contributed by atoms with E-state index in [2.05, 4.69) is 5.43 Å². The van der Waals surface area contributed by atoms with Gasteiger partial charge >= 0.3 is 0 Å². The molecular formula is C12H18ClN4S2+. The largest absolute Gasteiger partial charge is 0.366 e. The summed E-state index contributed by atoms with van der Waals surface area (Å²) in [5, 5.41) is 8.02. The van der Waals surface area contributed by atoms with Crippen LogP contribution in [0.2, 0.25) is 5.02 Å². The zero-order valence-corrected chi connectivity index (χ0v) is 13.5. The van der Waals surface area contributed by atoms with Crippen LogP contribution in [0.1, 0.15) is 13.3 Å². The Labute approximate surface area is 127 Å². The number of nitrogens with one attached hydrogen (secondary N) is 2. The fraction of sp³-hybridized carbons (Fsp3) is 0.333. The van der Waals surface area contributed by atoms with Crippen molar-refractivity contribution in [2.45, 2.75) is 23.1 Å². The van der Waals surface area contributed by atoms with Crippen molar-refractivity contribution in [2.24, 2.45) is 5.73 Å². The van der Waals surface area contributed by atoms with Crippen LogP contribution >= 0.6 is 35.1 Å². The molecule has 0 amide bonds. The molecule has 0 aromatic heterocycles. The van der Waals surface area contributed by atoms with Gasteiger partial charge in [0, 0.05) is 22.3 Å². The SMILES string of the molecule is CCC=[N+](NC(=N)N)c1ccc(SC)c(SC)c1Cl. The fourth-order valence-corrected chi connectivity index (χ4v) is 3.67. The molecule has 0 spiro atoms. The van der Waals surface area contributed by atoms with Crippen molar-refractivity contribution in [3.63, 3.8) is 0 Å². The summed E-state index contributed by atoms with van der Waals surface area (Å²) in [6.07, 6.45) is 6.72. The number of benzene rings is 1. The Morgan fingerprint density at radius 2 is 2.16 bits per heavy atom. The number of guanidine groups is 1. The van der Waals surface area contributed by atoms with Gasteiger partial charge in [-0.2, -0.15) is 0 Å². The minimum Gasteiger partial charge on any atom is -0.366 e. The molecule has 0 aliphatic rings. The van der Waals surface area contributed by atoms with Crippen LogP contribution in [0.5, 0.6) is 0 Å². The summed E-state index contributed by atoms with van der Waals surface area (Å²) in [6.45, 7) is 2.01. The van der Waals surface area contributed by atoms with E-state index < -0.39 is 0 Å². The quantitative estimate of drug-likeness (QED) is 0.256. The highest BCUT2D eigenvalue weighted by Crippen LogP contribution is 2.39. The lowest BCUT2D eigenvalue weighted by Crippen LogP contribution is -2.37. The number of halogens is 1. The van der Waals surface area contributed by atoms with Crippen molar-refractivity contribution >= 4 is 53.0 Å². The van der Waals surface area contributed by atoms with Gasteiger partial charge in [0.15, 0.2) is 6.21 Å². The lowest BCUT2D eigenvalue weighted by Gasteiger charge is -2.10. The molecule has 0 fully saturated rings. The van der Waals surface area contributed by atoms with Gasteiger partial charge in [0.2, 0.25) is 5.96 Å². The molecule has 0 radical (unpaired) electrons. The highest BCUT2D eigenvalue weighted by atomic mass is 35.5. The summed E-state index contributed by atoms with van der Waals surface area (Å²) in [4.78, 5) is 2.17. The van der Waals surface area contributed by atoms with Crippen LogP contribution in [0.25, 0.3) is 0 Å². The number of hydrogen-bond acceptors (Lipinski definition) is 3. The summed E-state index contributed by atoms with van der Waals surface area (Å²) in [6, 6.07) is 3.95. The summed E-state index contributed by atoms with van der Waals surface area (Å²) in [5.41, 5.74) is 8.95. The first-order valence-electron chi connectivity index (χ1n) is 5.68. The molecular weight excluding hydrogens is 300 g/mol. The van der Waals surface area contributed by atoms with Crippen molar-refractivity contribution in [3.05, 3.63) is 17.2 Å². The van der Waals surface area contributed by atoms with Gasteiger partial charge in [-0.15, -0.1) is 28.9 Å². The van der Waals surface area contributed by atoms with E-state index in [0.29, 0.717) is 5.02 Å². The summed E-state index contributed by atoms with van der Waals surface area (Å²) in [5.74, 6) is -0.125. The molecule has 7 heteroatoms. The Bertz CT molecular complexity index is 503. The molecule has 0 aliphatic heterocycles. The monoisotopic (exact) mass is 317 g/mol. The second-order valence-corrected chi connectivity index (χ2v) is 5.66. The minimum atomic E-state index is -0.125. The van der Waals surface area contributed by atoms with Gasteiger partial charge in [-0.1, -0.05) is 23.2 Å². The molecule has 4 nitrogen and oxygen atoms in total. The second-order valence-electron chi connectivity index (χ2n) is 3.62. The molecule has 104 valence electrons. The molecule has 0 atom stereocenters. The average molecular weight is 318 g/mol. The van der Waals surface area contributed by atoms with E-state index in [1.165, 1.54) is 0 Å². The molecule has 0 saturated carbocycles. The number of hydrazine groups is 1. The molecule has 1 rings (SSSR count). The normalized spacial score (nSPS) is 11.5. The van der Waals surface area contributed by atoms with E-state index in [1.54, 1.807) is 28.2 Å². The highest BCUT2D eigenvalue weighted by molar-refractivity contribution is 8.01. The van der Waals surface area contributed by atoms with Crippen LogP contribution in [-0.2, 0) is 0 Å². The van der Waals surface area contributed by atoms with Gasteiger partial charge in [-0.25, -0.2) is 0 Å². The third kappa shape index (κ3) is 4.06. The Balaban J connectivity index is 3.32. The molecule has 1 aromatic carbocycles. The third-order valence-electron chi connectivity index (χ3n) is 2.33. The third-order valence-corrected chi connectivity index (χ3v) is 4.57. The second kappa shape index (κ2) is 7.67. The molecule has 0 heterocycles. The Morgan fingerprint density at radius 3 is 2.63 bits per heavy atom. The zero-order chi connectivity index (χ0) is 14.4. The highest BCUT2D eigenvalue weighted by Gasteiger charge is 2.20. The number of rotatable bonds is 5. The van der Waals surface area contributed by atoms with Crippen LogP contribution in [0, 0.1) is 5.41 Å². The van der Waals surface area contributed by atoms with Gasteiger partial charge in [0.05, 0.1) is 0 Å². The van der Waals surface area contributed by atoms with Crippen molar-refractivity contribution in [1.82, 2.24) is 5.43 Å². The van der Waals surface area contributed by atoms with Crippen LogP contribution in [0.15, 0.2) is 21.9 Å². The van der Waals surface area contributed by atoms with Crippen LogP contribution < -0.4 is 11.2 Å². The first kappa shape index (κ1) is 16.2. The number of nitrogens with two attached hydrogens (primary N) is 1. The van der Waals surface area contributed by atoms with Gasteiger partial charge in [-0.05, 0) is 18.6 Å². The molecule has 19 heavy (non-hydrogen) atoms. The molecule has 1 aromatic rings. The fourth-order valence-electron chi connectivity index (χ4n) is 1.58. The Hall–Kier alpha value is -0.850. The van der Waals surface area contributed by atoms with Gasteiger partial charge in [0.1, 0.15) is 5.02 Å². The number of thioether (sulfide) groups is 2. The molecule has 0 bridgehead atoms. The number of hydrogen-bond donors (Lipinski definition) is 3. The van der Waals surface area contributed by atoms with Gasteiger partial charge < -0.3 is 5.73 Å². The first-order valence-corrected chi connectivity index (χ1v) is 8.51. The lowest BCUT2D eigenvalue weighted by atomic mass is 10.3. The smallest absolute Gasteiger partial charge is 0.255 e. The standard InChI is InChI=1S/C12H18ClN4S2/c1-4-7-17(16-12(14)15)8-5-6-9(18-2)11(19-3)10(8)13/h5-7H,4H2,1-3H3,(H4,14,15,16)/q+1. The summed E-state index contributed by atoms with van der Waals surface area (Å²) < 4.78 is 1.69. The van der Waals surface area contributed by atoms with Crippen LogP contribution in [-0.4, -0.2) is 29.4 Å². The van der Waals surface area contributed by atoms with E-state index in [9.17, 15) is 0 Å². The predicted octanol–water partition coefficient (Wildman–Crippen LogP) is 3.31. The maximum absolute atomic E-state index is 7.35. The van der Waals surface area contributed by atoms with Gasteiger partial charge in [-0.3, -0.25) is 5.41 Å². The van der Waals surface area contributed by atoms with E-state index in [-0.39, 0.29) is 5.96 Å². The van der Waals surface area contributed by atoms with Crippen molar-refractivity contribution in [1.29, 1.82) is 5.41 Å². The van der Waals surface area contributed by atoms with E-state index in [0.717, 1.165) is 21.9 Å². The molecule has 0 unspecified atom stereocenters.